The minimum atomic E-state index is -0.199. The number of pyridine rings is 1. The van der Waals surface area contributed by atoms with Gasteiger partial charge in [0.1, 0.15) is 5.82 Å². The van der Waals surface area contributed by atoms with Crippen molar-refractivity contribution in [2.24, 2.45) is 0 Å². The van der Waals surface area contributed by atoms with E-state index in [1.54, 1.807) is 0 Å². The van der Waals surface area contributed by atoms with Gasteiger partial charge in [-0.1, -0.05) is 12.1 Å². The van der Waals surface area contributed by atoms with Crippen LogP contribution in [0.5, 0.6) is 0 Å². The highest BCUT2D eigenvalue weighted by Gasteiger charge is 2.16. The van der Waals surface area contributed by atoms with E-state index >= 15 is 0 Å². The van der Waals surface area contributed by atoms with Crippen molar-refractivity contribution in [1.29, 1.82) is 0 Å². The Kier molecular flexibility index (Phi) is 5.82. The molecule has 2 heterocycles. The van der Waals surface area contributed by atoms with E-state index in [1.165, 1.54) is 28.8 Å². The molecule has 0 saturated carbocycles. The molecule has 5 heteroatoms. The second kappa shape index (κ2) is 8.09. The molecule has 2 aromatic heterocycles. The lowest BCUT2D eigenvalue weighted by Gasteiger charge is -2.29. The minimum absolute atomic E-state index is 0.115. The molecule has 1 atom stereocenters. The summed E-state index contributed by atoms with van der Waals surface area (Å²) in [5.74, 6) is -0.199. The number of nitrogens with zero attached hydrogens (tertiary/aromatic N) is 3. The lowest BCUT2D eigenvalue weighted by atomic mass is 10.1. The molecule has 0 N–H and O–H groups in total. The molecule has 0 aliphatic heterocycles. The number of alkyl halides is 1. The molecule has 1 aromatic carbocycles. The van der Waals surface area contributed by atoms with Crippen LogP contribution in [0.2, 0.25) is 0 Å². The molecule has 0 aliphatic carbocycles. The van der Waals surface area contributed by atoms with Crippen LogP contribution in [0.3, 0.4) is 0 Å². The zero-order valence-corrected chi connectivity index (χ0v) is 16.3. The number of hydrogen-bond acceptors (Lipinski definition) is 2. The molecule has 3 rings (SSSR count). The van der Waals surface area contributed by atoms with Gasteiger partial charge in [-0.15, -0.1) is 11.6 Å². The van der Waals surface area contributed by atoms with E-state index in [0.717, 1.165) is 37.0 Å². The summed E-state index contributed by atoms with van der Waals surface area (Å²) in [5, 5.41) is 3.67. The van der Waals surface area contributed by atoms with Gasteiger partial charge in [-0.3, -0.25) is 9.66 Å². The molecule has 0 fully saturated rings. The molecule has 0 bridgehead atoms. The molecular formula is C21H25ClFN3. The molecule has 26 heavy (non-hydrogen) atoms. The van der Waals surface area contributed by atoms with Crippen LogP contribution >= 0.6 is 11.6 Å². The third-order valence-corrected chi connectivity index (χ3v) is 5.15. The van der Waals surface area contributed by atoms with Crippen molar-refractivity contribution < 1.29 is 4.39 Å². The van der Waals surface area contributed by atoms with Crippen molar-refractivity contribution in [1.82, 2.24) is 9.66 Å². The Labute approximate surface area is 159 Å². The molecule has 0 aliphatic rings. The average Bonchev–Trinajstić information content (AvgIpc) is 2.88. The first-order chi connectivity index (χ1) is 12.5. The third kappa shape index (κ3) is 4.01. The summed E-state index contributed by atoms with van der Waals surface area (Å²) in [4.78, 5) is 4.32. The molecule has 138 valence electrons. The van der Waals surface area contributed by atoms with Gasteiger partial charge in [0.25, 0.3) is 0 Å². The summed E-state index contributed by atoms with van der Waals surface area (Å²) < 4.78 is 15.4. The van der Waals surface area contributed by atoms with Gasteiger partial charge in [-0.05, 0) is 62.9 Å². The molecule has 3 aromatic rings. The number of aromatic nitrogens is 2. The van der Waals surface area contributed by atoms with Crippen LogP contribution in [0.1, 0.15) is 30.2 Å². The molecule has 1 unspecified atom stereocenters. The summed E-state index contributed by atoms with van der Waals surface area (Å²) in [6, 6.07) is 8.81. The lowest BCUT2D eigenvalue weighted by molar-refractivity contribution is 0.564. The fourth-order valence-electron chi connectivity index (χ4n) is 3.32. The molecule has 0 spiro atoms. The Morgan fingerprint density at radius 3 is 2.58 bits per heavy atom. The quantitative estimate of drug-likeness (QED) is 0.544. The summed E-state index contributed by atoms with van der Waals surface area (Å²) >= 11 is 6.22. The topological polar surface area (TPSA) is 21.1 Å². The monoisotopic (exact) mass is 373 g/mol. The molecule has 0 radical (unpaired) electrons. The van der Waals surface area contributed by atoms with Crippen LogP contribution in [0.4, 0.5) is 4.39 Å². The third-order valence-electron chi connectivity index (χ3n) is 4.93. The second-order valence-electron chi connectivity index (χ2n) is 6.81. The first-order valence-corrected chi connectivity index (χ1v) is 9.46. The maximum Gasteiger partial charge on any atom is 0.123 e. The SMILES string of the molecule is Cc1c(C)n(N(CCc2ccc(F)cc2)CCC(C)Cl)c2cnccc12. The first-order valence-electron chi connectivity index (χ1n) is 9.02. The van der Waals surface area contributed by atoms with Gasteiger partial charge in [0.15, 0.2) is 0 Å². The van der Waals surface area contributed by atoms with Gasteiger partial charge in [0, 0.05) is 35.7 Å². The second-order valence-corrected chi connectivity index (χ2v) is 7.56. The number of aryl methyl sites for hydroxylation is 1. The Morgan fingerprint density at radius 1 is 1.15 bits per heavy atom. The van der Waals surface area contributed by atoms with Gasteiger partial charge < -0.3 is 5.01 Å². The molecular weight excluding hydrogens is 349 g/mol. The maximum atomic E-state index is 13.2. The zero-order chi connectivity index (χ0) is 18.7. The van der Waals surface area contributed by atoms with Crippen molar-refractivity contribution in [3.63, 3.8) is 0 Å². The Morgan fingerprint density at radius 2 is 1.88 bits per heavy atom. The highest BCUT2D eigenvalue weighted by Crippen LogP contribution is 2.25. The van der Waals surface area contributed by atoms with Crippen LogP contribution in [-0.4, -0.2) is 28.1 Å². The lowest BCUT2D eigenvalue weighted by Crippen LogP contribution is -2.38. The van der Waals surface area contributed by atoms with E-state index in [2.05, 4.69) is 34.6 Å². The van der Waals surface area contributed by atoms with E-state index in [1.807, 2.05) is 31.5 Å². The summed E-state index contributed by atoms with van der Waals surface area (Å²) in [6.45, 7) is 7.99. The van der Waals surface area contributed by atoms with Gasteiger partial charge in [0.05, 0.1) is 11.7 Å². The predicted molar refractivity (Wildman–Crippen MR) is 107 cm³/mol. The van der Waals surface area contributed by atoms with Gasteiger partial charge in [-0.2, -0.15) is 0 Å². The van der Waals surface area contributed by atoms with Crippen molar-refractivity contribution in [3.8, 4) is 0 Å². The Hall–Kier alpha value is -2.07. The van der Waals surface area contributed by atoms with E-state index in [-0.39, 0.29) is 11.2 Å². The van der Waals surface area contributed by atoms with E-state index in [4.69, 9.17) is 11.6 Å². The van der Waals surface area contributed by atoms with Crippen molar-refractivity contribution in [2.75, 3.05) is 18.1 Å². The van der Waals surface area contributed by atoms with Crippen molar-refractivity contribution in [2.45, 2.75) is 39.0 Å². The van der Waals surface area contributed by atoms with Crippen LogP contribution in [0.15, 0.2) is 42.7 Å². The molecule has 0 amide bonds. The van der Waals surface area contributed by atoms with Crippen LogP contribution < -0.4 is 5.01 Å². The minimum Gasteiger partial charge on any atom is -0.312 e. The zero-order valence-electron chi connectivity index (χ0n) is 15.5. The summed E-state index contributed by atoms with van der Waals surface area (Å²) in [6.07, 6.45) is 5.49. The van der Waals surface area contributed by atoms with Crippen LogP contribution in [0, 0.1) is 19.7 Å². The fourth-order valence-corrected chi connectivity index (χ4v) is 3.42. The van der Waals surface area contributed by atoms with Gasteiger partial charge >= 0.3 is 0 Å². The molecule has 3 nitrogen and oxygen atoms in total. The number of benzene rings is 1. The summed E-state index contributed by atoms with van der Waals surface area (Å²) in [5.41, 5.74) is 4.73. The standard InChI is InChI=1S/C21H25ClFN3/c1-15(22)9-12-25(13-10-18-4-6-19(23)7-5-18)26-17(3)16(2)20-8-11-24-14-21(20)26/h4-8,11,14-15H,9-10,12-13H2,1-3H3. The number of rotatable bonds is 7. The number of hydrogen-bond donors (Lipinski definition) is 0. The predicted octanol–water partition coefficient (Wildman–Crippen LogP) is 4.99. The Balaban J connectivity index is 1.91. The van der Waals surface area contributed by atoms with Crippen LogP contribution in [0.25, 0.3) is 10.9 Å². The van der Waals surface area contributed by atoms with Crippen LogP contribution in [-0.2, 0) is 6.42 Å². The number of halogens is 2. The van der Waals surface area contributed by atoms with Gasteiger partial charge in [-0.25, -0.2) is 4.39 Å². The van der Waals surface area contributed by atoms with E-state index in [9.17, 15) is 4.39 Å². The Bertz CT molecular complexity index is 871. The van der Waals surface area contributed by atoms with Gasteiger partial charge in [0.2, 0.25) is 0 Å². The smallest absolute Gasteiger partial charge is 0.123 e. The number of fused-ring (bicyclic) bond motifs is 1. The van der Waals surface area contributed by atoms with Crippen molar-refractivity contribution >= 4 is 22.5 Å². The average molecular weight is 374 g/mol. The van der Waals surface area contributed by atoms with E-state index < -0.39 is 0 Å². The summed E-state index contributed by atoms with van der Waals surface area (Å²) in [7, 11) is 0. The normalized spacial score (nSPS) is 12.5. The van der Waals surface area contributed by atoms with E-state index in [0.29, 0.717) is 0 Å². The maximum absolute atomic E-state index is 13.2. The highest BCUT2D eigenvalue weighted by atomic mass is 35.5. The van der Waals surface area contributed by atoms with Crippen molar-refractivity contribution in [3.05, 3.63) is 65.4 Å². The first kappa shape index (κ1) is 18.7. The highest BCUT2D eigenvalue weighted by molar-refractivity contribution is 6.20. The molecule has 0 saturated heterocycles. The largest absolute Gasteiger partial charge is 0.312 e. The fraction of sp³-hybridized carbons (Fsp3) is 0.381.